The molecular formula is C18H17ClN4O2S. The molecule has 0 aliphatic rings. The third kappa shape index (κ3) is 4.62. The largest absolute Gasteiger partial charge is 0.411 e. The van der Waals surface area contributed by atoms with Crippen LogP contribution >= 0.6 is 23.4 Å². The number of nitrogens with one attached hydrogen (secondary N) is 1. The number of thioether (sulfide) groups is 1. The fraction of sp³-hybridized carbons (Fsp3) is 0.222. The number of carbonyl (C=O) groups is 1. The molecule has 1 amide bonds. The Morgan fingerprint density at radius 3 is 2.58 bits per heavy atom. The highest BCUT2D eigenvalue weighted by molar-refractivity contribution is 8.00. The van der Waals surface area contributed by atoms with Crippen molar-refractivity contribution in [2.75, 3.05) is 5.32 Å². The fourth-order valence-corrected chi connectivity index (χ4v) is 3.15. The monoisotopic (exact) mass is 388 g/mol. The van der Waals surface area contributed by atoms with Crippen molar-refractivity contribution >= 4 is 35.1 Å². The van der Waals surface area contributed by atoms with E-state index in [-0.39, 0.29) is 5.91 Å². The number of halogens is 1. The number of aryl methyl sites for hydroxylation is 2. The molecule has 1 N–H and O–H groups in total. The van der Waals surface area contributed by atoms with Crippen molar-refractivity contribution in [1.29, 1.82) is 0 Å². The SMILES string of the molecule is Cc1cc(C)cc(-c2nnc(S[C@H](C)C(=O)Nc3ccc(Cl)cn3)o2)c1. The van der Waals surface area contributed by atoms with Gasteiger partial charge in [0, 0.05) is 11.8 Å². The normalized spacial score (nSPS) is 12.0. The minimum absolute atomic E-state index is 0.212. The van der Waals surface area contributed by atoms with Crippen molar-refractivity contribution in [2.24, 2.45) is 0 Å². The molecule has 0 radical (unpaired) electrons. The fourth-order valence-electron chi connectivity index (χ4n) is 2.35. The Morgan fingerprint density at radius 1 is 1.19 bits per heavy atom. The van der Waals surface area contributed by atoms with Gasteiger partial charge < -0.3 is 9.73 Å². The van der Waals surface area contributed by atoms with Crippen LogP contribution in [0.15, 0.2) is 46.2 Å². The van der Waals surface area contributed by atoms with E-state index in [9.17, 15) is 4.79 Å². The Hall–Kier alpha value is -2.38. The number of aromatic nitrogens is 3. The summed E-state index contributed by atoms with van der Waals surface area (Å²) in [6, 6.07) is 9.35. The van der Waals surface area contributed by atoms with Crippen molar-refractivity contribution in [3.8, 4) is 11.5 Å². The number of amides is 1. The molecule has 0 saturated carbocycles. The quantitative estimate of drug-likeness (QED) is 0.647. The summed E-state index contributed by atoms with van der Waals surface area (Å²) < 4.78 is 5.69. The third-order valence-electron chi connectivity index (χ3n) is 3.50. The number of benzene rings is 1. The first kappa shape index (κ1) is 18.4. The lowest BCUT2D eigenvalue weighted by Gasteiger charge is -2.09. The maximum absolute atomic E-state index is 12.3. The smallest absolute Gasteiger partial charge is 0.277 e. The van der Waals surface area contributed by atoms with Crippen molar-refractivity contribution < 1.29 is 9.21 Å². The molecule has 26 heavy (non-hydrogen) atoms. The second-order valence-electron chi connectivity index (χ2n) is 5.86. The van der Waals surface area contributed by atoms with E-state index in [1.807, 2.05) is 26.0 Å². The van der Waals surface area contributed by atoms with Crippen LogP contribution in [0.3, 0.4) is 0 Å². The van der Waals surface area contributed by atoms with Crippen LogP contribution < -0.4 is 5.32 Å². The highest BCUT2D eigenvalue weighted by atomic mass is 35.5. The minimum Gasteiger partial charge on any atom is -0.411 e. The van der Waals surface area contributed by atoms with Gasteiger partial charge >= 0.3 is 0 Å². The van der Waals surface area contributed by atoms with E-state index in [0.29, 0.717) is 22.0 Å². The maximum Gasteiger partial charge on any atom is 0.277 e. The molecule has 0 aliphatic carbocycles. The van der Waals surface area contributed by atoms with Gasteiger partial charge in [0.1, 0.15) is 5.82 Å². The molecule has 134 valence electrons. The van der Waals surface area contributed by atoms with Crippen LogP contribution in [0.5, 0.6) is 0 Å². The predicted molar refractivity (Wildman–Crippen MR) is 102 cm³/mol. The van der Waals surface area contributed by atoms with Crippen LogP contribution in [0.2, 0.25) is 5.02 Å². The molecule has 0 bridgehead atoms. The Kier molecular flexibility index (Phi) is 5.58. The lowest BCUT2D eigenvalue weighted by atomic mass is 10.1. The van der Waals surface area contributed by atoms with E-state index in [1.165, 1.54) is 18.0 Å². The van der Waals surface area contributed by atoms with Gasteiger partial charge in [-0.1, -0.05) is 40.6 Å². The van der Waals surface area contributed by atoms with Gasteiger partial charge in [-0.25, -0.2) is 4.98 Å². The number of rotatable bonds is 5. The van der Waals surface area contributed by atoms with Crippen LogP contribution in [0.1, 0.15) is 18.1 Å². The van der Waals surface area contributed by atoms with Crippen molar-refractivity contribution in [3.63, 3.8) is 0 Å². The molecule has 1 aromatic carbocycles. The van der Waals surface area contributed by atoms with Gasteiger partial charge in [-0.2, -0.15) is 0 Å². The summed E-state index contributed by atoms with van der Waals surface area (Å²) in [7, 11) is 0. The number of pyridine rings is 1. The number of carbonyl (C=O) groups excluding carboxylic acids is 1. The Bertz CT molecular complexity index is 907. The van der Waals surface area contributed by atoms with Gasteiger partial charge in [0.25, 0.3) is 5.22 Å². The summed E-state index contributed by atoms with van der Waals surface area (Å²) in [4.78, 5) is 16.3. The van der Waals surface area contributed by atoms with Gasteiger partial charge in [-0.15, -0.1) is 10.2 Å². The Balaban J connectivity index is 1.66. The number of hydrogen-bond donors (Lipinski definition) is 1. The molecule has 3 aromatic rings. The summed E-state index contributed by atoms with van der Waals surface area (Å²) >= 11 is 6.98. The minimum atomic E-state index is -0.431. The molecule has 2 aromatic heterocycles. The topological polar surface area (TPSA) is 80.9 Å². The van der Waals surface area contributed by atoms with Gasteiger partial charge in [0.2, 0.25) is 11.8 Å². The first-order valence-electron chi connectivity index (χ1n) is 7.92. The van der Waals surface area contributed by atoms with Crippen LogP contribution in [-0.2, 0) is 4.79 Å². The van der Waals surface area contributed by atoms with E-state index < -0.39 is 5.25 Å². The molecule has 1 atom stereocenters. The van der Waals surface area contributed by atoms with Gasteiger partial charge in [-0.05, 0) is 45.0 Å². The van der Waals surface area contributed by atoms with E-state index in [1.54, 1.807) is 19.1 Å². The number of nitrogens with zero attached hydrogens (tertiary/aromatic N) is 3. The summed E-state index contributed by atoms with van der Waals surface area (Å²) in [6.07, 6.45) is 1.48. The zero-order valence-electron chi connectivity index (χ0n) is 14.5. The molecule has 0 spiro atoms. The van der Waals surface area contributed by atoms with Crippen molar-refractivity contribution in [3.05, 3.63) is 52.7 Å². The van der Waals surface area contributed by atoms with Gasteiger partial charge in [0.05, 0.1) is 10.3 Å². The zero-order valence-corrected chi connectivity index (χ0v) is 16.1. The Labute approximate surface area is 160 Å². The maximum atomic E-state index is 12.3. The lowest BCUT2D eigenvalue weighted by molar-refractivity contribution is -0.115. The van der Waals surface area contributed by atoms with Crippen molar-refractivity contribution in [1.82, 2.24) is 15.2 Å². The molecule has 2 heterocycles. The molecule has 0 unspecified atom stereocenters. The summed E-state index contributed by atoms with van der Waals surface area (Å²) in [5.41, 5.74) is 3.11. The van der Waals surface area contributed by atoms with Crippen molar-refractivity contribution in [2.45, 2.75) is 31.2 Å². The second kappa shape index (κ2) is 7.88. The molecule has 3 rings (SSSR count). The van der Waals surface area contributed by atoms with Crippen LogP contribution in [0, 0.1) is 13.8 Å². The molecular weight excluding hydrogens is 372 g/mol. The van der Waals surface area contributed by atoms with E-state index >= 15 is 0 Å². The number of hydrogen-bond acceptors (Lipinski definition) is 6. The van der Waals surface area contributed by atoms with E-state index in [2.05, 4.69) is 26.6 Å². The third-order valence-corrected chi connectivity index (χ3v) is 4.66. The summed E-state index contributed by atoms with van der Waals surface area (Å²) in [5, 5.41) is 11.2. The molecule has 8 heteroatoms. The lowest BCUT2D eigenvalue weighted by Crippen LogP contribution is -2.22. The van der Waals surface area contributed by atoms with Crippen LogP contribution in [0.25, 0.3) is 11.5 Å². The second-order valence-corrected chi connectivity index (χ2v) is 7.59. The molecule has 0 saturated heterocycles. The summed E-state index contributed by atoms with van der Waals surface area (Å²) in [6.45, 7) is 5.79. The highest BCUT2D eigenvalue weighted by Crippen LogP contribution is 2.27. The van der Waals surface area contributed by atoms with E-state index in [4.69, 9.17) is 16.0 Å². The number of anilines is 1. The molecule has 0 aliphatic heterocycles. The van der Waals surface area contributed by atoms with Gasteiger partial charge in [-0.3, -0.25) is 4.79 Å². The standard InChI is InChI=1S/C18H17ClN4O2S/c1-10-6-11(2)8-13(7-10)17-22-23-18(25-17)26-12(3)16(24)21-15-5-4-14(19)9-20-15/h4-9,12H,1-3H3,(H,20,21,24)/t12-/m1/s1. The Morgan fingerprint density at radius 2 is 1.92 bits per heavy atom. The highest BCUT2D eigenvalue weighted by Gasteiger charge is 2.19. The summed E-state index contributed by atoms with van der Waals surface area (Å²) in [5.74, 6) is 0.663. The van der Waals surface area contributed by atoms with E-state index in [0.717, 1.165) is 16.7 Å². The molecule has 0 fully saturated rings. The zero-order chi connectivity index (χ0) is 18.7. The predicted octanol–water partition coefficient (Wildman–Crippen LogP) is 4.52. The first-order valence-corrected chi connectivity index (χ1v) is 9.18. The molecule has 6 nitrogen and oxygen atoms in total. The van der Waals surface area contributed by atoms with Gasteiger partial charge in [0.15, 0.2) is 0 Å². The first-order chi connectivity index (χ1) is 12.4. The average molecular weight is 389 g/mol. The van der Waals surface area contributed by atoms with Crippen LogP contribution in [0.4, 0.5) is 5.82 Å². The van der Waals surface area contributed by atoms with Crippen LogP contribution in [-0.4, -0.2) is 26.3 Å². The average Bonchev–Trinajstić information content (AvgIpc) is 3.04.